The van der Waals surface area contributed by atoms with Crippen LogP contribution in [-0.2, 0) is 10.0 Å². The normalized spacial score (nSPS) is 24.5. The van der Waals surface area contributed by atoms with Gasteiger partial charge in [-0.3, -0.25) is 0 Å². The van der Waals surface area contributed by atoms with Crippen LogP contribution in [0, 0.1) is 5.92 Å². The van der Waals surface area contributed by atoms with E-state index in [1.165, 1.54) is 10.6 Å². The fraction of sp³-hybridized carbons (Fsp3) is 1.00. The van der Waals surface area contributed by atoms with E-state index in [4.69, 9.17) is 0 Å². The Morgan fingerprint density at radius 2 is 1.95 bits per heavy atom. The maximum atomic E-state index is 12.7. The van der Waals surface area contributed by atoms with Gasteiger partial charge in [-0.25, -0.2) is 12.7 Å². The number of hydrogen-bond acceptors (Lipinski definition) is 3. The van der Waals surface area contributed by atoms with E-state index >= 15 is 0 Å². The van der Waals surface area contributed by atoms with Crippen molar-refractivity contribution in [3.63, 3.8) is 0 Å². The molecule has 1 aliphatic carbocycles. The highest BCUT2D eigenvalue weighted by Gasteiger charge is 2.41. The van der Waals surface area contributed by atoms with E-state index in [0.717, 1.165) is 6.42 Å². The highest BCUT2D eigenvalue weighted by molar-refractivity contribution is 7.88. The van der Waals surface area contributed by atoms with Crippen molar-refractivity contribution in [2.45, 2.75) is 51.2 Å². The smallest absolute Gasteiger partial charge is 0.314 e. The van der Waals surface area contributed by atoms with Gasteiger partial charge in [-0.05, 0) is 32.2 Å². The van der Waals surface area contributed by atoms with E-state index in [1.807, 2.05) is 0 Å². The zero-order valence-electron chi connectivity index (χ0n) is 12.6. The molecule has 0 saturated heterocycles. The quantitative estimate of drug-likeness (QED) is 0.729. The summed E-state index contributed by atoms with van der Waals surface area (Å²) in [6.45, 7) is 3.13. The Labute approximate surface area is 125 Å². The first kappa shape index (κ1) is 18.7. The van der Waals surface area contributed by atoms with E-state index in [2.05, 4.69) is 5.32 Å². The van der Waals surface area contributed by atoms with Crippen LogP contribution in [0.25, 0.3) is 0 Å². The Morgan fingerprint density at radius 1 is 1.29 bits per heavy atom. The van der Waals surface area contributed by atoms with E-state index in [0.29, 0.717) is 32.5 Å². The predicted octanol–water partition coefficient (Wildman–Crippen LogP) is 2.37. The minimum Gasteiger partial charge on any atom is -0.314 e. The standard InChI is InChI=1S/C13H25F3N2O2S/c1-3-18(21(2,19)20)9-5-8-17-12-7-4-6-11(10-12)13(14,15)16/h11-12,17H,3-10H2,1-2H3. The topological polar surface area (TPSA) is 49.4 Å². The van der Waals surface area contributed by atoms with Gasteiger partial charge in [0.25, 0.3) is 0 Å². The Balaban J connectivity index is 2.30. The molecular formula is C13H25F3N2O2S. The van der Waals surface area contributed by atoms with Gasteiger partial charge in [-0.2, -0.15) is 13.2 Å². The van der Waals surface area contributed by atoms with Crippen LogP contribution in [0.2, 0.25) is 0 Å². The van der Waals surface area contributed by atoms with Gasteiger partial charge in [0.15, 0.2) is 0 Å². The largest absolute Gasteiger partial charge is 0.391 e. The molecule has 0 aliphatic heterocycles. The summed E-state index contributed by atoms with van der Waals surface area (Å²) < 4.78 is 62.2. The first-order valence-corrected chi connectivity index (χ1v) is 9.24. The van der Waals surface area contributed by atoms with Gasteiger partial charge in [0.2, 0.25) is 10.0 Å². The molecule has 0 aromatic carbocycles. The third kappa shape index (κ3) is 6.52. The molecule has 0 bridgehead atoms. The lowest BCUT2D eigenvalue weighted by Gasteiger charge is -2.31. The van der Waals surface area contributed by atoms with Crippen molar-refractivity contribution in [1.82, 2.24) is 9.62 Å². The van der Waals surface area contributed by atoms with Crippen LogP contribution in [0.4, 0.5) is 13.2 Å². The average Bonchev–Trinajstić information content (AvgIpc) is 2.36. The van der Waals surface area contributed by atoms with E-state index < -0.39 is 22.1 Å². The number of hydrogen-bond donors (Lipinski definition) is 1. The van der Waals surface area contributed by atoms with Gasteiger partial charge in [-0.15, -0.1) is 0 Å². The van der Waals surface area contributed by atoms with Crippen molar-refractivity contribution >= 4 is 10.0 Å². The van der Waals surface area contributed by atoms with Gasteiger partial charge in [0.1, 0.15) is 0 Å². The molecule has 0 aromatic rings. The molecule has 1 N–H and O–H groups in total. The highest BCUT2D eigenvalue weighted by Crippen LogP contribution is 2.37. The number of rotatable bonds is 7. The summed E-state index contributed by atoms with van der Waals surface area (Å²) in [5.41, 5.74) is 0. The minimum absolute atomic E-state index is 0.112. The lowest BCUT2D eigenvalue weighted by atomic mass is 9.85. The Kier molecular flexibility index (Phi) is 6.93. The van der Waals surface area contributed by atoms with Crippen LogP contribution >= 0.6 is 0 Å². The van der Waals surface area contributed by atoms with E-state index in [9.17, 15) is 21.6 Å². The molecule has 2 atom stereocenters. The highest BCUT2D eigenvalue weighted by atomic mass is 32.2. The molecule has 1 saturated carbocycles. The van der Waals surface area contributed by atoms with Gasteiger partial charge in [0.05, 0.1) is 12.2 Å². The van der Waals surface area contributed by atoms with Crippen LogP contribution in [-0.4, -0.2) is 50.8 Å². The molecule has 8 heteroatoms. The molecule has 0 amide bonds. The van der Waals surface area contributed by atoms with Crippen molar-refractivity contribution in [2.24, 2.45) is 5.92 Å². The SMILES string of the molecule is CCN(CCCNC1CCCC(C(F)(F)F)C1)S(C)(=O)=O. The van der Waals surface area contributed by atoms with Crippen LogP contribution in [0.15, 0.2) is 0 Å². The molecule has 0 radical (unpaired) electrons. The summed E-state index contributed by atoms with van der Waals surface area (Å²) in [7, 11) is -3.19. The number of alkyl halides is 3. The summed E-state index contributed by atoms with van der Waals surface area (Å²) >= 11 is 0. The number of halogens is 3. The minimum atomic E-state index is -4.10. The fourth-order valence-corrected chi connectivity index (χ4v) is 3.72. The second-order valence-corrected chi connectivity index (χ2v) is 7.65. The van der Waals surface area contributed by atoms with Gasteiger partial charge >= 0.3 is 6.18 Å². The molecular weight excluding hydrogens is 305 g/mol. The molecule has 1 aliphatic rings. The average molecular weight is 330 g/mol. The van der Waals surface area contributed by atoms with Crippen molar-refractivity contribution in [3.8, 4) is 0 Å². The summed E-state index contributed by atoms with van der Waals surface area (Å²) in [6, 6.07) is -0.112. The van der Waals surface area contributed by atoms with Crippen LogP contribution in [0.3, 0.4) is 0 Å². The zero-order valence-corrected chi connectivity index (χ0v) is 13.4. The summed E-state index contributed by atoms with van der Waals surface area (Å²) in [5, 5.41) is 3.13. The second kappa shape index (κ2) is 7.78. The predicted molar refractivity (Wildman–Crippen MR) is 76.5 cm³/mol. The molecule has 1 rings (SSSR count). The van der Waals surface area contributed by atoms with Gasteiger partial charge in [0, 0.05) is 19.1 Å². The zero-order chi connectivity index (χ0) is 16.1. The third-order valence-corrected chi connectivity index (χ3v) is 5.35. The van der Waals surface area contributed by atoms with Gasteiger partial charge in [-0.1, -0.05) is 13.3 Å². The number of nitrogens with one attached hydrogen (secondary N) is 1. The molecule has 1 fully saturated rings. The lowest BCUT2D eigenvalue weighted by Crippen LogP contribution is -2.40. The molecule has 126 valence electrons. The number of nitrogens with zero attached hydrogens (tertiary/aromatic N) is 1. The molecule has 0 spiro atoms. The molecule has 2 unspecified atom stereocenters. The first-order chi connectivity index (χ1) is 9.64. The van der Waals surface area contributed by atoms with E-state index in [-0.39, 0.29) is 18.9 Å². The summed E-state index contributed by atoms with van der Waals surface area (Å²) in [5.74, 6) is -1.20. The molecule has 21 heavy (non-hydrogen) atoms. The summed E-state index contributed by atoms with van der Waals surface area (Å²) in [4.78, 5) is 0. The molecule has 4 nitrogen and oxygen atoms in total. The van der Waals surface area contributed by atoms with Crippen molar-refractivity contribution < 1.29 is 21.6 Å². The van der Waals surface area contributed by atoms with Crippen molar-refractivity contribution in [2.75, 3.05) is 25.9 Å². The first-order valence-electron chi connectivity index (χ1n) is 7.39. The molecule has 0 heterocycles. The summed E-state index contributed by atoms with van der Waals surface area (Å²) in [6.07, 6.45) is -0.627. The lowest BCUT2D eigenvalue weighted by molar-refractivity contribution is -0.183. The fourth-order valence-electron chi connectivity index (χ4n) is 2.79. The van der Waals surface area contributed by atoms with Crippen LogP contribution in [0.5, 0.6) is 0 Å². The van der Waals surface area contributed by atoms with Crippen LogP contribution in [0.1, 0.15) is 39.0 Å². The number of sulfonamides is 1. The molecule has 0 aromatic heterocycles. The maximum absolute atomic E-state index is 12.7. The second-order valence-electron chi connectivity index (χ2n) is 5.66. The van der Waals surface area contributed by atoms with Crippen LogP contribution < -0.4 is 5.32 Å². The Hall–Kier alpha value is -0.340. The maximum Gasteiger partial charge on any atom is 0.391 e. The van der Waals surface area contributed by atoms with Crippen molar-refractivity contribution in [1.29, 1.82) is 0 Å². The Bertz CT molecular complexity index is 412. The Morgan fingerprint density at radius 3 is 2.48 bits per heavy atom. The van der Waals surface area contributed by atoms with Crippen molar-refractivity contribution in [3.05, 3.63) is 0 Å². The monoisotopic (exact) mass is 330 g/mol. The third-order valence-electron chi connectivity index (χ3n) is 3.98. The van der Waals surface area contributed by atoms with Gasteiger partial charge < -0.3 is 5.32 Å². The van der Waals surface area contributed by atoms with E-state index in [1.54, 1.807) is 6.92 Å².